The molecule has 0 bridgehead atoms. The van der Waals surface area contributed by atoms with Crippen LogP contribution in [-0.2, 0) is 6.54 Å². The van der Waals surface area contributed by atoms with Crippen LogP contribution in [0, 0.1) is 11.7 Å². The van der Waals surface area contributed by atoms with Crippen LogP contribution in [0.4, 0.5) is 10.1 Å². The molecule has 1 aromatic carbocycles. The van der Waals surface area contributed by atoms with E-state index in [0.717, 1.165) is 17.2 Å². The van der Waals surface area contributed by atoms with Crippen LogP contribution in [0.2, 0.25) is 0 Å². The van der Waals surface area contributed by atoms with E-state index in [2.05, 4.69) is 30.3 Å². The predicted octanol–water partition coefficient (Wildman–Crippen LogP) is 4.09. The molecule has 116 valence electrons. The van der Waals surface area contributed by atoms with E-state index in [1.54, 1.807) is 6.07 Å². The average Bonchev–Trinajstić information content (AvgIpc) is 3.29. The molecule has 0 aliphatic heterocycles. The fourth-order valence-corrected chi connectivity index (χ4v) is 3.54. The lowest BCUT2D eigenvalue weighted by Gasteiger charge is -2.36. The summed E-state index contributed by atoms with van der Waals surface area (Å²) in [5.74, 6) is 0.712. The van der Waals surface area contributed by atoms with Crippen molar-refractivity contribution in [1.29, 1.82) is 0 Å². The maximum absolute atomic E-state index is 14.3. The van der Waals surface area contributed by atoms with Gasteiger partial charge >= 0.3 is 0 Å². The van der Waals surface area contributed by atoms with E-state index >= 15 is 0 Å². The molecule has 1 N–H and O–H groups in total. The minimum Gasteiger partial charge on any atom is -0.371 e. The van der Waals surface area contributed by atoms with Crippen molar-refractivity contribution in [3.63, 3.8) is 0 Å². The first-order valence-electron chi connectivity index (χ1n) is 8.38. The molecule has 2 fully saturated rings. The normalized spacial score (nSPS) is 25.9. The predicted molar refractivity (Wildman–Crippen MR) is 86.1 cm³/mol. The molecule has 3 heteroatoms. The average molecular weight is 290 g/mol. The Bertz CT molecular complexity index is 484. The van der Waals surface area contributed by atoms with E-state index in [1.165, 1.54) is 38.5 Å². The summed E-state index contributed by atoms with van der Waals surface area (Å²) >= 11 is 0. The van der Waals surface area contributed by atoms with Gasteiger partial charge in [0.25, 0.3) is 0 Å². The van der Waals surface area contributed by atoms with Gasteiger partial charge in [0.05, 0.1) is 0 Å². The number of halogens is 1. The van der Waals surface area contributed by atoms with Crippen LogP contribution in [0.5, 0.6) is 0 Å². The Balaban J connectivity index is 1.77. The highest BCUT2D eigenvalue weighted by Gasteiger charge is 2.26. The molecule has 0 saturated heterocycles. The van der Waals surface area contributed by atoms with Gasteiger partial charge in [-0.1, -0.05) is 25.8 Å². The third-order valence-corrected chi connectivity index (χ3v) is 5.08. The monoisotopic (exact) mass is 290 g/mol. The Hall–Kier alpha value is -1.09. The summed E-state index contributed by atoms with van der Waals surface area (Å²) in [6, 6.07) is 6.66. The second kappa shape index (κ2) is 6.35. The molecule has 2 aliphatic carbocycles. The fourth-order valence-electron chi connectivity index (χ4n) is 3.54. The van der Waals surface area contributed by atoms with E-state index in [0.29, 0.717) is 18.6 Å². The fraction of sp³-hybridized carbons (Fsp3) is 0.667. The largest absolute Gasteiger partial charge is 0.371 e. The number of rotatable bonds is 5. The molecule has 0 aromatic heterocycles. The van der Waals surface area contributed by atoms with E-state index in [4.69, 9.17) is 0 Å². The van der Waals surface area contributed by atoms with Crippen LogP contribution in [0.25, 0.3) is 0 Å². The van der Waals surface area contributed by atoms with Crippen LogP contribution in [0.15, 0.2) is 18.2 Å². The van der Waals surface area contributed by atoms with Crippen LogP contribution in [0.1, 0.15) is 51.0 Å². The third-order valence-electron chi connectivity index (χ3n) is 5.08. The summed E-state index contributed by atoms with van der Waals surface area (Å²) in [7, 11) is 2.14. The lowest BCUT2D eigenvalue weighted by molar-refractivity contribution is 0.336. The summed E-state index contributed by atoms with van der Waals surface area (Å²) in [5, 5.41) is 3.45. The molecule has 2 unspecified atom stereocenters. The van der Waals surface area contributed by atoms with Crippen molar-refractivity contribution in [3.8, 4) is 0 Å². The quantitative estimate of drug-likeness (QED) is 0.878. The summed E-state index contributed by atoms with van der Waals surface area (Å²) in [5.41, 5.74) is 1.91. The van der Waals surface area contributed by atoms with Gasteiger partial charge in [-0.05, 0) is 43.7 Å². The van der Waals surface area contributed by atoms with E-state index in [9.17, 15) is 4.39 Å². The van der Waals surface area contributed by atoms with E-state index < -0.39 is 0 Å². The van der Waals surface area contributed by atoms with Gasteiger partial charge in [0, 0.05) is 36.9 Å². The Morgan fingerprint density at radius 3 is 2.76 bits per heavy atom. The summed E-state index contributed by atoms with van der Waals surface area (Å²) in [6.45, 7) is 2.99. The molecule has 3 rings (SSSR count). The lowest BCUT2D eigenvalue weighted by Crippen LogP contribution is -2.36. The van der Waals surface area contributed by atoms with Gasteiger partial charge in [-0.2, -0.15) is 0 Å². The first kappa shape index (κ1) is 14.8. The molecule has 2 saturated carbocycles. The molecule has 0 radical (unpaired) electrons. The Kier molecular flexibility index (Phi) is 4.48. The number of hydrogen-bond donors (Lipinski definition) is 1. The van der Waals surface area contributed by atoms with Crippen LogP contribution < -0.4 is 10.2 Å². The minimum atomic E-state index is -0.0728. The van der Waals surface area contributed by atoms with Crippen LogP contribution >= 0.6 is 0 Å². The van der Waals surface area contributed by atoms with Gasteiger partial charge in [-0.3, -0.25) is 0 Å². The molecule has 1 aromatic rings. The highest BCUT2D eigenvalue weighted by molar-refractivity contribution is 5.54. The van der Waals surface area contributed by atoms with E-state index in [1.807, 2.05) is 6.07 Å². The summed E-state index contributed by atoms with van der Waals surface area (Å²) in [4.78, 5) is 2.32. The Labute approximate surface area is 127 Å². The van der Waals surface area contributed by atoms with Crippen molar-refractivity contribution in [3.05, 3.63) is 29.6 Å². The van der Waals surface area contributed by atoms with Crippen LogP contribution in [0.3, 0.4) is 0 Å². The standard InChI is InChI=1S/C18H27FN2/c1-13-5-3-6-15(11-13)21(2)18-8-4-7-17(19)16(18)12-20-14-9-10-14/h4,7-8,13-15,20H,3,5-6,9-12H2,1-2H3. The topological polar surface area (TPSA) is 15.3 Å². The van der Waals surface area contributed by atoms with Crippen molar-refractivity contribution < 1.29 is 4.39 Å². The first-order chi connectivity index (χ1) is 10.1. The van der Waals surface area contributed by atoms with Crippen molar-refractivity contribution in [1.82, 2.24) is 5.32 Å². The zero-order chi connectivity index (χ0) is 14.8. The Morgan fingerprint density at radius 1 is 1.24 bits per heavy atom. The van der Waals surface area contributed by atoms with Crippen molar-refractivity contribution >= 4 is 5.69 Å². The zero-order valence-electron chi connectivity index (χ0n) is 13.2. The summed E-state index contributed by atoms with van der Waals surface area (Å²) < 4.78 is 14.3. The number of nitrogens with zero attached hydrogens (tertiary/aromatic N) is 1. The van der Waals surface area contributed by atoms with Crippen LogP contribution in [-0.4, -0.2) is 19.1 Å². The van der Waals surface area contributed by atoms with Crippen molar-refractivity contribution in [2.45, 2.75) is 64.1 Å². The molecule has 0 amide bonds. The van der Waals surface area contributed by atoms with E-state index in [-0.39, 0.29) is 5.82 Å². The molecular formula is C18H27FN2. The molecule has 21 heavy (non-hydrogen) atoms. The highest BCUT2D eigenvalue weighted by Crippen LogP contribution is 2.32. The maximum Gasteiger partial charge on any atom is 0.129 e. The Morgan fingerprint density at radius 2 is 2.05 bits per heavy atom. The second-order valence-electron chi connectivity index (χ2n) is 6.93. The van der Waals surface area contributed by atoms with Gasteiger partial charge in [0.15, 0.2) is 0 Å². The first-order valence-corrected chi connectivity index (χ1v) is 8.38. The summed E-state index contributed by atoms with van der Waals surface area (Å²) in [6.07, 6.45) is 7.56. The molecular weight excluding hydrogens is 263 g/mol. The molecule has 0 spiro atoms. The highest BCUT2D eigenvalue weighted by atomic mass is 19.1. The number of benzene rings is 1. The lowest BCUT2D eigenvalue weighted by atomic mass is 9.86. The maximum atomic E-state index is 14.3. The van der Waals surface area contributed by atoms with Gasteiger partial charge in [0.1, 0.15) is 5.82 Å². The number of nitrogens with one attached hydrogen (secondary N) is 1. The minimum absolute atomic E-state index is 0.0728. The smallest absolute Gasteiger partial charge is 0.129 e. The molecule has 2 nitrogen and oxygen atoms in total. The molecule has 0 heterocycles. The second-order valence-corrected chi connectivity index (χ2v) is 6.93. The van der Waals surface area contributed by atoms with Gasteiger partial charge < -0.3 is 10.2 Å². The molecule has 2 atom stereocenters. The number of anilines is 1. The third kappa shape index (κ3) is 3.57. The molecule has 2 aliphatic rings. The number of hydrogen-bond acceptors (Lipinski definition) is 2. The van der Waals surface area contributed by atoms with Crippen molar-refractivity contribution in [2.24, 2.45) is 5.92 Å². The van der Waals surface area contributed by atoms with Gasteiger partial charge in [-0.15, -0.1) is 0 Å². The van der Waals surface area contributed by atoms with Crippen molar-refractivity contribution in [2.75, 3.05) is 11.9 Å². The van der Waals surface area contributed by atoms with Gasteiger partial charge in [0.2, 0.25) is 0 Å². The SMILES string of the molecule is CC1CCCC(N(C)c2cccc(F)c2CNC2CC2)C1. The zero-order valence-corrected chi connectivity index (χ0v) is 13.2. The van der Waals surface area contributed by atoms with Gasteiger partial charge in [-0.25, -0.2) is 4.39 Å².